The van der Waals surface area contributed by atoms with E-state index in [9.17, 15) is 4.79 Å². The highest BCUT2D eigenvalue weighted by molar-refractivity contribution is 7.10. The first kappa shape index (κ1) is 17.8. The molecule has 2 aromatic rings. The van der Waals surface area contributed by atoms with Crippen molar-refractivity contribution in [3.8, 4) is 5.75 Å². The highest BCUT2D eigenvalue weighted by Crippen LogP contribution is 2.28. The summed E-state index contributed by atoms with van der Waals surface area (Å²) in [6.07, 6.45) is 0. The molecule has 0 aliphatic heterocycles. The van der Waals surface area contributed by atoms with Gasteiger partial charge < -0.3 is 10.1 Å². The number of carbonyl (C=O) groups is 1. The number of benzene rings is 1. The molecule has 1 N–H and O–H groups in total. The van der Waals surface area contributed by atoms with Gasteiger partial charge in [0.05, 0.1) is 18.8 Å². The molecule has 23 heavy (non-hydrogen) atoms. The fraction of sp³-hybridized carbons (Fsp3) is 0.353. The summed E-state index contributed by atoms with van der Waals surface area (Å²) in [4.78, 5) is 15.8. The van der Waals surface area contributed by atoms with Crippen molar-refractivity contribution >= 4 is 34.5 Å². The van der Waals surface area contributed by atoms with Gasteiger partial charge in [-0.05, 0) is 56.1 Å². The normalized spacial score (nSPS) is 12.3. The number of methoxy groups -OCH3 is 1. The topological polar surface area (TPSA) is 41.6 Å². The molecule has 1 amide bonds. The van der Waals surface area contributed by atoms with E-state index in [4.69, 9.17) is 16.3 Å². The summed E-state index contributed by atoms with van der Waals surface area (Å²) >= 11 is 7.70. The van der Waals surface area contributed by atoms with Crippen molar-refractivity contribution in [3.05, 3.63) is 45.1 Å². The molecule has 0 bridgehead atoms. The van der Waals surface area contributed by atoms with Crippen LogP contribution in [0.25, 0.3) is 0 Å². The predicted octanol–water partition coefficient (Wildman–Crippen LogP) is 4.18. The zero-order valence-electron chi connectivity index (χ0n) is 13.7. The highest BCUT2D eigenvalue weighted by Gasteiger charge is 2.20. The number of hydrogen-bond acceptors (Lipinski definition) is 4. The second kappa shape index (κ2) is 7.81. The predicted molar refractivity (Wildman–Crippen MR) is 96.6 cm³/mol. The van der Waals surface area contributed by atoms with Crippen LogP contribution in [0.2, 0.25) is 5.02 Å². The van der Waals surface area contributed by atoms with Crippen LogP contribution in [-0.4, -0.2) is 31.0 Å². The van der Waals surface area contributed by atoms with Crippen LogP contribution in [0, 0.1) is 6.92 Å². The molecule has 124 valence electrons. The Morgan fingerprint density at radius 2 is 2.17 bits per heavy atom. The van der Waals surface area contributed by atoms with E-state index in [2.05, 4.69) is 23.7 Å². The Kier molecular flexibility index (Phi) is 6.04. The van der Waals surface area contributed by atoms with Gasteiger partial charge >= 0.3 is 0 Å². The molecule has 0 aliphatic rings. The fourth-order valence-electron chi connectivity index (χ4n) is 2.14. The molecule has 1 atom stereocenters. The highest BCUT2D eigenvalue weighted by atomic mass is 35.5. The Morgan fingerprint density at radius 3 is 2.78 bits per heavy atom. The Labute approximate surface area is 146 Å². The van der Waals surface area contributed by atoms with Crippen molar-refractivity contribution in [2.45, 2.75) is 26.4 Å². The minimum absolute atomic E-state index is 0.0951. The minimum atomic E-state index is -0.278. The maximum Gasteiger partial charge on any atom is 0.241 e. The van der Waals surface area contributed by atoms with Gasteiger partial charge in [0.1, 0.15) is 5.75 Å². The Bertz CT molecular complexity index is 687. The number of rotatable bonds is 6. The lowest BCUT2D eigenvalue weighted by atomic mass is 10.2. The van der Waals surface area contributed by atoms with E-state index in [0.29, 0.717) is 16.5 Å². The van der Waals surface area contributed by atoms with Crippen LogP contribution in [0.15, 0.2) is 29.6 Å². The number of anilines is 1. The summed E-state index contributed by atoms with van der Waals surface area (Å²) in [5.41, 5.74) is 1.84. The van der Waals surface area contributed by atoms with Crippen LogP contribution >= 0.6 is 22.9 Å². The van der Waals surface area contributed by atoms with Crippen molar-refractivity contribution < 1.29 is 9.53 Å². The number of ether oxygens (including phenoxy) is 1. The SMILES string of the molecule is COc1ccc(Cl)cc1NC(=O)[C@H](C)N(C)Cc1sccc1C. The second-order valence-corrected chi connectivity index (χ2v) is 6.89. The van der Waals surface area contributed by atoms with Gasteiger partial charge in [0.2, 0.25) is 5.91 Å². The first-order valence-electron chi connectivity index (χ1n) is 7.30. The summed E-state index contributed by atoms with van der Waals surface area (Å²) in [5.74, 6) is 0.494. The number of halogens is 1. The number of likely N-dealkylation sites (N-methyl/N-ethyl adjacent to an activating group) is 1. The monoisotopic (exact) mass is 352 g/mol. The largest absolute Gasteiger partial charge is 0.495 e. The lowest BCUT2D eigenvalue weighted by Gasteiger charge is -2.24. The summed E-state index contributed by atoms with van der Waals surface area (Å²) in [6, 6.07) is 6.97. The van der Waals surface area contributed by atoms with E-state index in [1.807, 2.05) is 18.9 Å². The number of aryl methyl sites for hydroxylation is 1. The average Bonchev–Trinajstić information content (AvgIpc) is 2.91. The molecule has 0 aliphatic carbocycles. The van der Waals surface area contributed by atoms with Gasteiger partial charge in [-0.15, -0.1) is 11.3 Å². The minimum Gasteiger partial charge on any atom is -0.495 e. The van der Waals surface area contributed by atoms with E-state index in [0.717, 1.165) is 6.54 Å². The average molecular weight is 353 g/mol. The van der Waals surface area contributed by atoms with Crippen LogP contribution in [-0.2, 0) is 11.3 Å². The third-order valence-corrected chi connectivity index (χ3v) is 5.06. The van der Waals surface area contributed by atoms with E-state index < -0.39 is 0 Å². The van der Waals surface area contributed by atoms with Crippen molar-refractivity contribution in [3.63, 3.8) is 0 Å². The lowest BCUT2D eigenvalue weighted by molar-refractivity contribution is -0.120. The van der Waals surface area contributed by atoms with Gasteiger partial charge in [0.15, 0.2) is 0 Å². The number of hydrogen-bond donors (Lipinski definition) is 1. The zero-order chi connectivity index (χ0) is 17.0. The lowest BCUT2D eigenvalue weighted by Crippen LogP contribution is -2.39. The summed E-state index contributed by atoms with van der Waals surface area (Å²) in [7, 11) is 3.51. The molecule has 6 heteroatoms. The third-order valence-electron chi connectivity index (χ3n) is 3.82. The molecular weight excluding hydrogens is 332 g/mol. The molecule has 1 aromatic heterocycles. The van der Waals surface area contributed by atoms with Crippen LogP contribution < -0.4 is 10.1 Å². The number of thiophene rings is 1. The fourth-order valence-corrected chi connectivity index (χ4v) is 3.29. The molecule has 2 rings (SSSR count). The van der Waals surface area contributed by atoms with Crippen LogP contribution in [0.1, 0.15) is 17.4 Å². The smallest absolute Gasteiger partial charge is 0.241 e. The number of carbonyl (C=O) groups excluding carboxylic acids is 1. The Morgan fingerprint density at radius 1 is 1.43 bits per heavy atom. The summed E-state index contributed by atoms with van der Waals surface area (Å²) in [5, 5.41) is 5.51. The first-order valence-corrected chi connectivity index (χ1v) is 8.55. The molecule has 0 saturated carbocycles. The van der Waals surface area contributed by atoms with Crippen LogP contribution in [0.4, 0.5) is 5.69 Å². The van der Waals surface area contributed by atoms with Gasteiger partial charge in [-0.25, -0.2) is 0 Å². The molecule has 0 fully saturated rings. The molecule has 0 spiro atoms. The van der Waals surface area contributed by atoms with Crippen molar-refractivity contribution in [1.29, 1.82) is 0 Å². The van der Waals surface area contributed by atoms with Crippen LogP contribution in [0.5, 0.6) is 5.75 Å². The van der Waals surface area contributed by atoms with Crippen molar-refractivity contribution in [1.82, 2.24) is 4.90 Å². The number of nitrogens with zero attached hydrogens (tertiary/aromatic N) is 1. The van der Waals surface area contributed by atoms with Gasteiger partial charge in [0, 0.05) is 16.4 Å². The molecule has 0 saturated heterocycles. The van der Waals surface area contributed by atoms with Crippen molar-refractivity contribution in [2.24, 2.45) is 0 Å². The number of nitrogens with one attached hydrogen (secondary N) is 1. The van der Waals surface area contributed by atoms with Gasteiger partial charge in [-0.1, -0.05) is 11.6 Å². The Balaban J connectivity index is 2.05. The standard InChI is InChI=1S/C17H21ClN2O2S/c1-11-7-8-23-16(11)10-20(3)12(2)17(21)19-14-9-13(18)5-6-15(14)22-4/h5-9,12H,10H2,1-4H3,(H,19,21)/t12-/m0/s1. The maximum absolute atomic E-state index is 12.5. The first-order chi connectivity index (χ1) is 10.9. The number of amides is 1. The molecule has 0 radical (unpaired) electrons. The van der Waals surface area contributed by atoms with Gasteiger partial charge in [0.25, 0.3) is 0 Å². The second-order valence-electron chi connectivity index (χ2n) is 5.45. The van der Waals surface area contributed by atoms with Gasteiger partial charge in [-0.3, -0.25) is 9.69 Å². The molecule has 1 heterocycles. The third kappa shape index (κ3) is 4.47. The van der Waals surface area contributed by atoms with E-state index >= 15 is 0 Å². The van der Waals surface area contributed by atoms with E-state index in [-0.39, 0.29) is 11.9 Å². The summed E-state index contributed by atoms with van der Waals surface area (Å²) < 4.78 is 5.26. The molecular formula is C17H21ClN2O2S. The quantitative estimate of drug-likeness (QED) is 0.848. The van der Waals surface area contributed by atoms with Gasteiger partial charge in [-0.2, -0.15) is 0 Å². The van der Waals surface area contributed by atoms with E-state index in [1.54, 1.807) is 36.6 Å². The summed E-state index contributed by atoms with van der Waals surface area (Å²) in [6.45, 7) is 4.71. The Hall–Kier alpha value is -1.56. The molecule has 1 aromatic carbocycles. The maximum atomic E-state index is 12.5. The molecule has 0 unspecified atom stereocenters. The van der Waals surface area contributed by atoms with Crippen molar-refractivity contribution in [2.75, 3.05) is 19.5 Å². The van der Waals surface area contributed by atoms with Crippen LogP contribution in [0.3, 0.4) is 0 Å². The molecule has 4 nitrogen and oxygen atoms in total. The van der Waals surface area contributed by atoms with E-state index in [1.165, 1.54) is 10.4 Å². The zero-order valence-corrected chi connectivity index (χ0v) is 15.3.